The van der Waals surface area contributed by atoms with E-state index in [2.05, 4.69) is 9.47 Å². The van der Waals surface area contributed by atoms with Crippen LogP contribution in [0.3, 0.4) is 0 Å². The lowest BCUT2D eigenvalue weighted by Crippen LogP contribution is -1.93. The van der Waals surface area contributed by atoms with Crippen molar-refractivity contribution in [2.45, 2.75) is 20.8 Å². The number of benzene rings is 5. The van der Waals surface area contributed by atoms with Crippen molar-refractivity contribution in [1.82, 2.24) is 0 Å². The van der Waals surface area contributed by atoms with Crippen LogP contribution in [0.15, 0.2) is 122 Å². The Morgan fingerprint density at radius 3 is 1.06 bits per heavy atom. The van der Waals surface area contributed by atoms with Crippen LogP contribution in [0.4, 0.5) is 4.39 Å². The third-order valence-corrected chi connectivity index (χ3v) is 8.94. The third-order valence-electron chi connectivity index (χ3n) is 8.94. The number of aliphatic hydroxyl groups is 1. The van der Waals surface area contributed by atoms with Crippen molar-refractivity contribution in [3.63, 3.8) is 0 Å². The molecular formula is C55H63FO15. The summed E-state index contributed by atoms with van der Waals surface area (Å²) in [5.41, 5.74) is 7.37. The highest BCUT2D eigenvalue weighted by atomic mass is 19.1. The molecule has 0 aliphatic heterocycles. The molecule has 0 bridgehead atoms. The summed E-state index contributed by atoms with van der Waals surface area (Å²) < 4.78 is 49.5. The summed E-state index contributed by atoms with van der Waals surface area (Å²) in [7, 11) is 9.49. The van der Waals surface area contributed by atoms with Crippen molar-refractivity contribution in [1.29, 1.82) is 0 Å². The molecule has 5 rings (SSSR count). The van der Waals surface area contributed by atoms with Gasteiger partial charge in [-0.2, -0.15) is 0 Å². The molecule has 5 aromatic carbocycles. The lowest BCUT2D eigenvalue weighted by Gasteiger charge is -2.04. The molecule has 71 heavy (non-hydrogen) atoms. The number of alkyl halides is 1. The highest BCUT2D eigenvalue weighted by Gasteiger charge is 2.03. The average Bonchev–Trinajstić information content (AvgIpc) is 3.37. The number of esters is 2. The van der Waals surface area contributed by atoms with Gasteiger partial charge in [0.15, 0.2) is 23.0 Å². The average molecular weight is 984 g/mol. The first kappa shape index (κ1) is 60.2. The summed E-state index contributed by atoms with van der Waals surface area (Å²) in [6.07, 6.45) is 15.0. The monoisotopic (exact) mass is 983 g/mol. The maximum Gasteiger partial charge on any atom is 0.330 e. The number of phenolic OH excluding ortho intramolecular Hbond substituents is 2. The molecule has 0 aromatic heterocycles. The van der Waals surface area contributed by atoms with Crippen LogP contribution in [0.2, 0.25) is 0 Å². The molecule has 0 atom stereocenters. The van der Waals surface area contributed by atoms with Crippen molar-refractivity contribution in [2.24, 2.45) is 0 Å². The van der Waals surface area contributed by atoms with Gasteiger partial charge >= 0.3 is 17.9 Å². The second-order valence-electron chi connectivity index (χ2n) is 13.7. The number of hydrogen-bond acceptors (Lipinski definition) is 14. The minimum atomic E-state index is -1.03. The second-order valence-corrected chi connectivity index (χ2v) is 13.7. The number of carboxylic acid groups (broad SMARTS) is 1. The number of hydrogen-bond donors (Lipinski definition) is 4. The lowest BCUT2D eigenvalue weighted by atomic mass is 10.1. The summed E-state index contributed by atoms with van der Waals surface area (Å²) in [6.45, 7) is 5.89. The number of aldehydes is 1. The maximum absolute atomic E-state index is 10.9. The van der Waals surface area contributed by atoms with Gasteiger partial charge in [-0.25, -0.2) is 14.4 Å². The van der Waals surface area contributed by atoms with Gasteiger partial charge in [0, 0.05) is 18.2 Å². The molecular weight excluding hydrogens is 920 g/mol. The van der Waals surface area contributed by atoms with Gasteiger partial charge < -0.3 is 53.6 Å². The van der Waals surface area contributed by atoms with Gasteiger partial charge in [0.05, 0.1) is 64.6 Å². The van der Waals surface area contributed by atoms with Crippen LogP contribution >= 0.6 is 0 Å². The highest BCUT2D eigenvalue weighted by molar-refractivity contribution is 5.87. The standard InChI is InChI=1S/C12H14O3.C11H12O4.C11H12O2.C10H10O4.C10H12O2.CH3F/c1-9-8-10(4-6-11(9)14-2)5-7-12(13)15-3;1-14-10-5-3-8(7-9(10)12)4-6-11(13)15-2;1-9-8-10(4-3-7-12)5-6-11(9)13-2;1-14-9-4-2-7(6-8(9)11)3-5-10(12)13;1-8-7-9(5-6-11)3-4-10(8)12-2;1-2/h4-8H,1-3H3;3-7,12H,1-2H3;3-8H,1-2H3;2-6,11H,1H3,(H,12,13);3-7,11H,1-2H3;1H3/b7-5+;6-4+;4-3+;5-3+;6-5+;/i;;;;;1D. The molecule has 15 nitrogen and oxygen atoms in total. The molecule has 0 aliphatic rings. The van der Waals surface area contributed by atoms with Gasteiger partial charge in [0.2, 0.25) is 0 Å². The van der Waals surface area contributed by atoms with E-state index >= 15 is 0 Å². The molecule has 0 saturated carbocycles. The van der Waals surface area contributed by atoms with Crippen molar-refractivity contribution in [3.8, 4) is 40.2 Å². The van der Waals surface area contributed by atoms with Crippen LogP contribution in [0, 0.1) is 20.8 Å². The van der Waals surface area contributed by atoms with E-state index in [4.69, 9.17) is 35.3 Å². The maximum atomic E-state index is 10.9. The molecule has 0 unspecified atom stereocenters. The van der Waals surface area contributed by atoms with E-state index in [9.17, 15) is 33.8 Å². The van der Waals surface area contributed by atoms with Crippen LogP contribution in [-0.4, -0.2) is 102 Å². The zero-order valence-corrected chi connectivity index (χ0v) is 41.4. The molecule has 0 aliphatic carbocycles. The van der Waals surface area contributed by atoms with Crippen molar-refractivity contribution in [3.05, 3.63) is 166 Å². The lowest BCUT2D eigenvalue weighted by molar-refractivity contribution is -0.135. The fraction of sp³-hybridized carbons (Fsp3) is 0.200. The second kappa shape index (κ2) is 36.3. The fourth-order valence-corrected chi connectivity index (χ4v) is 5.51. The molecule has 0 radical (unpaired) electrons. The number of aromatic hydroxyl groups is 2. The number of methoxy groups -OCH3 is 7. The Morgan fingerprint density at radius 1 is 0.493 bits per heavy atom. The minimum absolute atomic E-state index is 0.0139. The van der Waals surface area contributed by atoms with E-state index in [-0.39, 0.29) is 17.5 Å². The number of carboxylic acids is 1. The smallest absolute Gasteiger partial charge is 0.330 e. The molecule has 0 heterocycles. The highest BCUT2D eigenvalue weighted by Crippen LogP contribution is 2.28. The number of allylic oxidation sites excluding steroid dienone is 1. The van der Waals surface area contributed by atoms with Crippen LogP contribution in [-0.2, 0) is 28.7 Å². The van der Waals surface area contributed by atoms with Crippen molar-refractivity contribution in [2.75, 3.05) is 56.9 Å². The van der Waals surface area contributed by atoms with Crippen molar-refractivity contribution >= 4 is 54.6 Å². The number of carbonyl (C=O) groups is 4. The predicted octanol–water partition coefficient (Wildman–Crippen LogP) is 10.6. The van der Waals surface area contributed by atoms with Crippen molar-refractivity contribution < 1.29 is 78.5 Å². The van der Waals surface area contributed by atoms with Crippen LogP contribution < -0.4 is 23.7 Å². The number of halogens is 1. The van der Waals surface area contributed by atoms with E-state index in [1.165, 1.54) is 64.9 Å². The van der Waals surface area contributed by atoms with E-state index in [1.807, 2.05) is 75.4 Å². The van der Waals surface area contributed by atoms with Gasteiger partial charge in [-0.1, -0.05) is 36.4 Å². The molecule has 380 valence electrons. The Hall–Kier alpha value is -8.79. The number of rotatable bonds is 14. The van der Waals surface area contributed by atoms with E-state index in [0.717, 1.165) is 69.3 Å². The van der Waals surface area contributed by atoms with Gasteiger partial charge in [0.25, 0.3) is 0 Å². The molecule has 0 fully saturated rings. The summed E-state index contributed by atoms with van der Waals surface area (Å²) in [4.78, 5) is 41.9. The minimum Gasteiger partial charge on any atom is -0.516 e. The molecule has 0 amide bonds. The Balaban J connectivity index is 0.000000864. The number of phenols is 2. The Kier molecular flexibility index (Phi) is 30.8. The first-order valence-corrected chi connectivity index (χ1v) is 20.8. The van der Waals surface area contributed by atoms with Crippen LogP contribution in [0.5, 0.6) is 40.2 Å². The molecule has 4 N–H and O–H groups in total. The zero-order valence-electron chi connectivity index (χ0n) is 42.4. The SMILES string of the molecule is COC(=O)/C=C/c1ccc(OC)c(C)c1.COC(=O)/C=C/c1ccc(OC)c(O)c1.COc1ccc(/C=C/C(=O)O)cc1O.COc1ccc(/C=C/C=O)cc1C.COc1ccc(/C=C/O)cc1C.[2H]CF. The largest absolute Gasteiger partial charge is 0.516 e. The molecule has 16 heteroatoms. The van der Waals surface area contributed by atoms with Gasteiger partial charge in [-0.05, 0) is 156 Å². The van der Waals surface area contributed by atoms with Gasteiger partial charge in [0.1, 0.15) is 23.5 Å². The Bertz CT molecular complexity index is 2530. The zero-order chi connectivity index (χ0) is 54.4. The first-order valence-electron chi connectivity index (χ1n) is 21.5. The number of aliphatic hydroxyl groups excluding tert-OH is 1. The number of ether oxygens (including phenoxy) is 7. The summed E-state index contributed by atoms with van der Waals surface area (Å²) in [5.74, 6) is 1.51. The van der Waals surface area contributed by atoms with Crippen LogP contribution in [0.25, 0.3) is 30.4 Å². The predicted molar refractivity (Wildman–Crippen MR) is 275 cm³/mol. The summed E-state index contributed by atoms with van der Waals surface area (Å²) >= 11 is 0. The molecule has 0 saturated heterocycles. The topological polar surface area (TPSA) is 214 Å². The summed E-state index contributed by atoms with van der Waals surface area (Å²) in [5, 5.41) is 35.7. The molecule has 5 aromatic rings. The quantitative estimate of drug-likeness (QED) is 0.0352. The Morgan fingerprint density at radius 2 is 0.789 bits per heavy atom. The van der Waals surface area contributed by atoms with E-state index < -0.39 is 19.1 Å². The third kappa shape index (κ3) is 25.2. The van der Waals surface area contributed by atoms with Gasteiger partial charge in [-0.3, -0.25) is 9.18 Å². The first-order chi connectivity index (χ1) is 34.4. The fourth-order valence-electron chi connectivity index (χ4n) is 5.51. The number of carbonyl (C=O) groups excluding carboxylic acids is 3. The molecule has 0 spiro atoms. The number of aryl methyl sites for hydroxylation is 3. The van der Waals surface area contributed by atoms with Gasteiger partial charge in [-0.15, -0.1) is 0 Å². The van der Waals surface area contributed by atoms with E-state index in [1.54, 1.807) is 69.9 Å². The van der Waals surface area contributed by atoms with Crippen LogP contribution in [0.1, 0.15) is 45.9 Å². The van der Waals surface area contributed by atoms with E-state index in [0.29, 0.717) is 22.6 Å². The summed E-state index contributed by atoms with van der Waals surface area (Å²) in [6, 6.07) is 26.7. The normalized spacial score (nSPS) is 10.3. The number of aliphatic carboxylic acids is 1. The Labute approximate surface area is 416 Å².